The highest BCUT2D eigenvalue weighted by Gasteiger charge is 2.48. The molecule has 1 aromatic carbocycles. The van der Waals surface area contributed by atoms with Crippen molar-refractivity contribution in [1.82, 2.24) is 0 Å². The highest BCUT2D eigenvalue weighted by Crippen LogP contribution is 2.46. The van der Waals surface area contributed by atoms with E-state index in [1.807, 2.05) is 6.07 Å². The molecule has 2 unspecified atom stereocenters. The van der Waals surface area contributed by atoms with Crippen molar-refractivity contribution in [3.8, 4) is 6.07 Å². The van der Waals surface area contributed by atoms with Gasteiger partial charge in [0, 0.05) is 21.3 Å². The van der Waals surface area contributed by atoms with E-state index in [0.29, 0.717) is 18.4 Å². The van der Waals surface area contributed by atoms with Crippen LogP contribution in [-0.2, 0) is 16.4 Å². The van der Waals surface area contributed by atoms with Crippen LogP contribution < -0.4 is 0 Å². The van der Waals surface area contributed by atoms with Crippen LogP contribution in [0.2, 0.25) is 0 Å². The number of fused-ring (bicyclic) bond motifs is 2. The quantitative estimate of drug-likeness (QED) is 0.854. The summed E-state index contributed by atoms with van der Waals surface area (Å²) < 4.78 is 25.5. The van der Waals surface area contributed by atoms with Crippen molar-refractivity contribution in [2.75, 3.05) is 0 Å². The van der Waals surface area contributed by atoms with Gasteiger partial charge in [-0.1, -0.05) is 0 Å². The lowest BCUT2D eigenvalue weighted by Gasteiger charge is -2.36. The molecule has 0 spiro atoms. The molecule has 0 radical (unpaired) electrons. The number of nitrogens with zero attached hydrogens (tertiary/aromatic N) is 1. The molecule has 2 aliphatic heterocycles. The zero-order chi connectivity index (χ0) is 13.6. The maximum atomic E-state index is 13.5. The molecule has 3 nitrogen and oxygen atoms in total. The van der Waals surface area contributed by atoms with E-state index in [1.165, 1.54) is 12.1 Å². The van der Waals surface area contributed by atoms with Crippen molar-refractivity contribution in [3.63, 3.8) is 0 Å². The lowest BCUT2D eigenvalue weighted by Crippen LogP contribution is -2.40. The van der Waals surface area contributed by atoms with Crippen LogP contribution in [0.3, 0.4) is 0 Å². The Morgan fingerprint density at radius 3 is 2.53 bits per heavy atom. The first-order valence-electron chi connectivity index (χ1n) is 6.35. The van der Waals surface area contributed by atoms with Crippen LogP contribution in [0.1, 0.15) is 36.8 Å². The smallest absolute Gasteiger partial charge is 0.124 e. The molecule has 0 aliphatic carbocycles. The van der Waals surface area contributed by atoms with Gasteiger partial charge in [-0.2, -0.15) is 5.26 Å². The standard InChI is InChI=1S/C14H14FNO2S/c15-11-4-9(8-16)3-10(5-11)14(17)6-12-1-2-13(7-14)19(12)18/h3-5,12-13,17H,1-2,6-7H2. The first-order valence-corrected chi connectivity index (χ1v) is 7.62. The molecule has 5 heteroatoms. The molecule has 3 rings (SSSR count). The van der Waals surface area contributed by atoms with Gasteiger partial charge in [0.15, 0.2) is 0 Å². The minimum Gasteiger partial charge on any atom is -0.385 e. The van der Waals surface area contributed by atoms with Crippen molar-refractivity contribution < 1.29 is 13.7 Å². The lowest BCUT2D eigenvalue weighted by molar-refractivity contribution is 0.0181. The molecule has 0 amide bonds. The van der Waals surface area contributed by atoms with Gasteiger partial charge in [0.2, 0.25) is 0 Å². The Bertz CT molecular complexity index is 580. The topological polar surface area (TPSA) is 61.1 Å². The van der Waals surface area contributed by atoms with Crippen molar-refractivity contribution >= 4 is 10.8 Å². The highest BCUT2D eigenvalue weighted by atomic mass is 32.2. The number of nitriles is 1. The summed E-state index contributed by atoms with van der Waals surface area (Å²) in [5.41, 5.74) is -0.493. The van der Waals surface area contributed by atoms with Crippen LogP contribution in [0.25, 0.3) is 0 Å². The fourth-order valence-corrected chi connectivity index (χ4v) is 5.40. The third kappa shape index (κ3) is 2.09. The molecule has 0 saturated carbocycles. The van der Waals surface area contributed by atoms with Crippen LogP contribution in [0, 0.1) is 17.1 Å². The summed E-state index contributed by atoms with van der Waals surface area (Å²) in [5, 5.41) is 19.7. The Balaban J connectivity index is 2.00. The van der Waals surface area contributed by atoms with E-state index in [1.54, 1.807) is 0 Å². The van der Waals surface area contributed by atoms with Gasteiger partial charge in [-0.15, -0.1) is 0 Å². The molecule has 1 N–H and O–H groups in total. The molecule has 19 heavy (non-hydrogen) atoms. The average molecular weight is 279 g/mol. The zero-order valence-electron chi connectivity index (χ0n) is 10.3. The van der Waals surface area contributed by atoms with Crippen LogP contribution in [0.5, 0.6) is 0 Å². The Morgan fingerprint density at radius 2 is 1.95 bits per heavy atom. The number of halogens is 1. The van der Waals surface area contributed by atoms with Gasteiger partial charge in [-0.25, -0.2) is 4.39 Å². The minimum absolute atomic E-state index is 0.00227. The molecular weight excluding hydrogens is 265 g/mol. The molecule has 1 aromatic rings. The van der Waals surface area contributed by atoms with Gasteiger partial charge in [0.05, 0.1) is 17.2 Å². The third-order valence-electron chi connectivity index (χ3n) is 4.16. The lowest BCUT2D eigenvalue weighted by atomic mass is 9.85. The normalized spacial score (nSPS) is 37.0. The fourth-order valence-electron chi connectivity index (χ4n) is 3.24. The van der Waals surface area contributed by atoms with Gasteiger partial charge >= 0.3 is 0 Å². The van der Waals surface area contributed by atoms with Crippen molar-refractivity contribution in [2.24, 2.45) is 0 Å². The highest BCUT2D eigenvalue weighted by molar-refractivity contribution is 7.86. The molecule has 2 fully saturated rings. The first-order chi connectivity index (χ1) is 9.01. The second-order valence-electron chi connectivity index (χ2n) is 5.43. The van der Waals surface area contributed by atoms with E-state index >= 15 is 0 Å². The summed E-state index contributed by atoms with van der Waals surface area (Å²) in [6.45, 7) is 0. The van der Waals surface area contributed by atoms with Gasteiger partial charge in [0.1, 0.15) is 5.82 Å². The van der Waals surface area contributed by atoms with Crippen LogP contribution >= 0.6 is 0 Å². The van der Waals surface area contributed by atoms with Gasteiger partial charge in [-0.05, 0) is 49.4 Å². The van der Waals surface area contributed by atoms with Gasteiger partial charge in [-0.3, -0.25) is 4.21 Å². The van der Waals surface area contributed by atoms with Crippen LogP contribution in [0.4, 0.5) is 4.39 Å². The van der Waals surface area contributed by atoms with E-state index in [-0.39, 0.29) is 16.1 Å². The average Bonchev–Trinajstić information content (AvgIpc) is 2.62. The summed E-state index contributed by atoms with van der Waals surface area (Å²) in [7, 11) is -0.870. The fraction of sp³-hybridized carbons (Fsp3) is 0.500. The first kappa shape index (κ1) is 12.8. The largest absolute Gasteiger partial charge is 0.385 e. The summed E-state index contributed by atoms with van der Waals surface area (Å²) >= 11 is 0. The summed E-state index contributed by atoms with van der Waals surface area (Å²) in [4.78, 5) is 0. The van der Waals surface area contributed by atoms with Crippen molar-refractivity contribution in [3.05, 3.63) is 35.1 Å². The number of hydrogen-bond acceptors (Lipinski definition) is 3. The molecule has 2 saturated heterocycles. The Morgan fingerprint density at radius 1 is 1.32 bits per heavy atom. The second-order valence-corrected chi connectivity index (χ2v) is 7.42. The van der Waals surface area contributed by atoms with Crippen molar-refractivity contribution in [1.29, 1.82) is 5.26 Å². The van der Waals surface area contributed by atoms with Crippen molar-refractivity contribution in [2.45, 2.75) is 41.8 Å². The van der Waals surface area contributed by atoms with E-state index in [4.69, 9.17) is 5.26 Å². The number of benzene rings is 1. The molecule has 2 atom stereocenters. The van der Waals surface area contributed by atoms with Gasteiger partial charge < -0.3 is 5.11 Å². The predicted molar refractivity (Wildman–Crippen MR) is 69.2 cm³/mol. The minimum atomic E-state index is -1.15. The van der Waals surface area contributed by atoms with E-state index < -0.39 is 22.2 Å². The zero-order valence-corrected chi connectivity index (χ0v) is 11.1. The van der Waals surface area contributed by atoms with E-state index in [0.717, 1.165) is 18.9 Å². The summed E-state index contributed by atoms with van der Waals surface area (Å²) in [5.74, 6) is -0.512. The van der Waals surface area contributed by atoms with Crippen LogP contribution in [0.15, 0.2) is 18.2 Å². The molecule has 2 aliphatic rings. The molecule has 2 heterocycles. The Kier molecular flexibility index (Phi) is 2.95. The number of rotatable bonds is 1. The Hall–Kier alpha value is -1.25. The van der Waals surface area contributed by atoms with E-state index in [2.05, 4.69) is 0 Å². The van der Waals surface area contributed by atoms with Crippen LogP contribution in [-0.4, -0.2) is 19.8 Å². The predicted octanol–water partition coefficient (Wildman–Crippen LogP) is 1.96. The molecule has 100 valence electrons. The second kappa shape index (κ2) is 4.39. The monoisotopic (exact) mass is 279 g/mol. The third-order valence-corrected chi connectivity index (χ3v) is 6.28. The maximum Gasteiger partial charge on any atom is 0.124 e. The molecular formula is C14H14FNO2S. The maximum absolute atomic E-state index is 13.5. The number of hydrogen-bond donors (Lipinski definition) is 1. The van der Waals surface area contributed by atoms with E-state index in [9.17, 15) is 13.7 Å². The summed E-state index contributed by atoms with van der Waals surface area (Å²) in [6, 6.07) is 5.88. The summed E-state index contributed by atoms with van der Waals surface area (Å²) in [6.07, 6.45) is 2.51. The molecule has 2 bridgehead atoms. The SMILES string of the molecule is N#Cc1cc(F)cc(C2(O)CC3CCC(C2)S3=O)c1. The number of aliphatic hydroxyl groups is 1. The Labute approximate surface area is 113 Å². The van der Waals surface area contributed by atoms with Gasteiger partial charge in [0.25, 0.3) is 0 Å². The molecule has 0 aromatic heterocycles.